The van der Waals surface area contributed by atoms with Crippen LogP contribution in [-0.2, 0) is 0 Å². The highest BCUT2D eigenvalue weighted by molar-refractivity contribution is 14.0. The number of hydrogen-bond donors (Lipinski definition) is 1. The molecule has 2 aliphatic heterocycles. The van der Waals surface area contributed by atoms with E-state index in [1.165, 1.54) is 64.2 Å². The molecule has 0 spiro atoms. The summed E-state index contributed by atoms with van der Waals surface area (Å²) in [5, 5.41) is 3.50. The van der Waals surface area contributed by atoms with Crippen LogP contribution in [0, 0.1) is 11.8 Å². The molecule has 2 saturated heterocycles. The average Bonchev–Trinajstić information content (AvgIpc) is 2.84. The van der Waals surface area contributed by atoms with Crippen LogP contribution in [0.3, 0.4) is 0 Å². The first kappa shape index (κ1) is 17.3. The van der Waals surface area contributed by atoms with Crippen molar-refractivity contribution in [2.45, 2.75) is 39.0 Å². The molecule has 5 heteroatoms. The van der Waals surface area contributed by atoms with Gasteiger partial charge in [0.15, 0.2) is 5.96 Å². The van der Waals surface area contributed by atoms with Crippen LogP contribution in [-0.4, -0.2) is 61.6 Å². The second-order valence-electron chi connectivity index (χ2n) is 6.64. The van der Waals surface area contributed by atoms with E-state index in [1.807, 2.05) is 0 Å². The van der Waals surface area contributed by atoms with Gasteiger partial charge in [-0.15, -0.1) is 24.0 Å². The number of halogens is 1. The number of likely N-dealkylation sites (tertiary alicyclic amines) is 2. The topological polar surface area (TPSA) is 30.9 Å². The number of fused-ring (bicyclic) bond motifs is 1. The summed E-state index contributed by atoms with van der Waals surface area (Å²) in [7, 11) is 0. The first-order valence-corrected chi connectivity index (χ1v) is 8.62. The third-order valence-corrected chi connectivity index (χ3v) is 5.24. The zero-order valence-electron chi connectivity index (χ0n) is 13.4. The number of nitrogens with zero attached hydrogens (tertiary/aromatic N) is 3. The van der Waals surface area contributed by atoms with E-state index in [1.54, 1.807) is 0 Å². The summed E-state index contributed by atoms with van der Waals surface area (Å²) in [5.41, 5.74) is 0. The Bertz CT molecular complexity index is 329. The van der Waals surface area contributed by atoms with Gasteiger partial charge in [0, 0.05) is 26.2 Å². The minimum atomic E-state index is 0. The molecule has 1 saturated carbocycles. The van der Waals surface area contributed by atoms with Crippen LogP contribution in [0.1, 0.15) is 39.0 Å². The van der Waals surface area contributed by atoms with Gasteiger partial charge < -0.3 is 15.1 Å². The van der Waals surface area contributed by atoms with Gasteiger partial charge in [-0.1, -0.05) is 12.8 Å². The van der Waals surface area contributed by atoms with Gasteiger partial charge in [-0.2, -0.15) is 0 Å². The molecule has 4 nitrogen and oxygen atoms in total. The second kappa shape index (κ2) is 8.56. The lowest BCUT2D eigenvalue weighted by Gasteiger charge is -2.30. The van der Waals surface area contributed by atoms with Crippen molar-refractivity contribution >= 4 is 29.9 Å². The van der Waals surface area contributed by atoms with Crippen LogP contribution < -0.4 is 5.32 Å². The molecule has 2 heterocycles. The van der Waals surface area contributed by atoms with Crippen molar-refractivity contribution in [1.82, 2.24) is 15.1 Å². The fourth-order valence-corrected chi connectivity index (χ4v) is 3.91. The quantitative estimate of drug-likeness (QED) is 0.442. The van der Waals surface area contributed by atoms with E-state index in [2.05, 4.69) is 22.0 Å². The fourth-order valence-electron chi connectivity index (χ4n) is 3.91. The highest BCUT2D eigenvalue weighted by atomic mass is 127. The molecule has 0 aromatic rings. The highest BCUT2D eigenvalue weighted by Gasteiger charge is 2.35. The first-order chi connectivity index (χ1) is 9.86. The third kappa shape index (κ3) is 4.47. The molecule has 122 valence electrons. The van der Waals surface area contributed by atoms with Crippen LogP contribution in [0.5, 0.6) is 0 Å². The van der Waals surface area contributed by atoms with Gasteiger partial charge in [0.25, 0.3) is 0 Å². The van der Waals surface area contributed by atoms with Crippen molar-refractivity contribution in [3.05, 3.63) is 0 Å². The summed E-state index contributed by atoms with van der Waals surface area (Å²) >= 11 is 0. The minimum Gasteiger partial charge on any atom is -0.357 e. The molecule has 2 unspecified atom stereocenters. The summed E-state index contributed by atoms with van der Waals surface area (Å²) in [6.45, 7) is 10.3. The largest absolute Gasteiger partial charge is 0.357 e. The van der Waals surface area contributed by atoms with Gasteiger partial charge >= 0.3 is 0 Å². The molecule has 2 atom stereocenters. The minimum absolute atomic E-state index is 0. The Morgan fingerprint density at radius 1 is 1.10 bits per heavy atom. The van der Waals surface area contributed by atoms with Crippen molar-refractivity contribution in [3.8, 4) is 0 Å². The number of nitrogens with one attached hydrogen (secondary N) is 1. The summed E-state index contributed by atoms with van der Waals surface area (Å²) in [6, 6.07) is 0. The van der Waals surface area contributed by atoms with Crippen LogP contribution in [0.2, 0.25) is 0 Å². The highest BCUT2D eigenvalue weighted by Crippen LogP contribution is 2.35. The molecule has 0 aromatic carbocycles. The SMILES string of the molecule is CCNC(=NCCN1CCC1)N1CC2CCCCC2C1.I. The first-order valence-electron chi connectivity index (χ1n) is 8.62. The average molecular weight is 406 g/mol. The predicted molar refractivity (Wildman–Crippen MR) is 99.5 cm³/mol. The van der Waals surface area contributed by atoms with E-state index in [9.17, 15) is 0 Å². The monoisotopic (exact) mass is 406 g/mol. The molecule has 3 fully saturated rings. The maximum atomic E-state index is 4.86. The van der Waals surface area contributed by atoms with Crippen molar-refractivity contribution in [2.75, 3.05) is 45.8 Å². The standard InChI is InChI=1S/C16H30N4.HI/c1-2-17-16(18-8-11-19-9-5-10-19)20-12-14-6-3-4-7-15(14)13-20;/h14-15H,2-13H2,1H3,(H,17,18);1H. The molecule has 3 rings (SSSR count). The summed E-state index contributed by atoms with van der Waals surface area (Å²) < 4.78 is 0. The maximum absolute atomic E-state index is 4.86. The molecular weight excluding hydrogens is 375 g/mol. The Hall–Kier alpha value is -0.0400. The lowest BCUT2D eigenvalue weighted by atomic mass is 9.82. The second-order valence-corrected chi connectivity index (χ2v) is 6.64. The summed E-state index contributed by atoms with van der Waals surface area (Å²) in [6.07, 6.45) is 7.14. The molecule has 1 N–H and O–H groups in total. The number of rotatable bonds is 4. The molecule has 1 aliphatic carbocycles. The Kier molecular flexibility index (Phi) is 7.05. The van der Waals surface area contributed by atoms with E-state index < -0.39 is 0 Å². The van der Waals surface area contributed by atoms with Gasteiger partial charge in [0.2, 0.25) is 0 Å². The Morgan fingerprint density at radius 3 is 2.29 bits per heavy atom. The van der Waals surface area contributed by atoms with Gasteiger partial charge in [-0.25, -0.2) is 0 Å². The Morgan fingerprint density at radius 2 is 1.76 bits per heavy atom. The summed E-state index contributed by atoms with van der Waals surface area (Å²) in [5.74, 6) is 3.04. The zero-order chi connectivity index (χ0) is 13.8. The van der Waals surface area contributed by atoms with Gasteiger partial charge in [0.05, 0.1) is 6.54 Å². The fraction of sp³-hybridized carbons (Fsp3) is 0.938. The Labute approximate surface area is 146 Å². The van der Waals surface area contributed by atoms with E-state index in [0.29, 0.717) is 0 Å². The van der Waals surface area contributed by atoms with E-state index in [0.717, 1.165) is 31.5 Å². The molecule has 0 bridgehead atoms. The molecule has 0 radical (unpaired) electrons. The molecule has 0 amide bonds. The van der Waals surface area contributed by atoms with Crippen molar-refractivity contribution < 1.29 is 0 Å². The van der Waals surface area contributed by atoms with E-state index in [4.69, 9.17) is 4.99 Å². The van der Waals surface area contributed by atoms with Gasteiger partial charge in [-0.05, 0) is 51.1 Å². The van der Waals surface area contributed by atoms with Crippen LogP contribution in [0.4, 0.5) is 0 Å². The molecule has 0 aromatic heterocycles. The zero-order valence-corrected chi connectivity index (χ0v) is 15.7. The number of guanidine groups is 1. The van der Waals surface area contributed by atoms with Crippen LogP contribution in [0.25, 0.3) is 0 Å². The van der Waals surface area contributed by atoms with Gasteiger partial charge in [-0.3, -0.25) is 4.99 Å². The Balaban J connectivity index is 0.00000161. The number of aliphatic imine (C=N–C) groups is 1. The normalized spacial score (nSPS) is 29.6. The van der Waals surface area contributed by atoms with Crippen molar-refractivity contribution in [3.63, 3.8) is 0 Å². The van der Waals surface area contributed by atoms with Crippen LogP contribution >= 0.6 is 24.0 Å². The smallest absolute Gasteiger partial charge is 0.193 e. The van der Waals surface area contributed by atoms with Gasteiger partial charge in [0.1, 0.15) is 0 Å². The lowest BCUT2D eigenvalue weighted by Crippen LogP contribution is -2.42. The van der Waals surface area contributed by atoms with Crippen LogP contribution in [0.15, 0.2) is 4.99 Å². The molecule has 3 aliphatic rings. The van der Waals surface area contributed by atoms with Crippen molar-refractivity contribution in [2.24, 2.45) is 16.8 Å². The van der Waals surface area contributed by atoms with Crippen molar-refractivity contribution in [1.29, 1.82) is 0 Å². The van der Waals surface area contributed by atoms with E-state index in [-0.39, 0.29) is 24.0 Å². The van der Waals surface area contributed by atoms with E-state index >= 15 is 0 Å². The third-order valence-electron chi connectivity index (χ3n) is 5.24. The number of hydrogen-bond acceptors (Lipinski definition) is 2. The lowest BCUT2D eigenvalue weighted by molar-refractivity contribution is 0.187. The maximum Gasteiger partial charge on any atom is 0.193 e. The summed E-state index contributed by atoms with van der Waals surface area (Å²) in [4.78, 5) is 9.89. The molecular formula is C16H31IN4. The predicted octanol–water partition coefficient (Wildman–Crippen LogP) is 2.40. The molecule has 21 heavy (non-hydrogen) atoms.